The van der Waals surface area contributed by atoms with E-state index in [4.69, 9.17) is 17.3 Å². The lowest BCUT2D eigenvalue weighted by atomic mass is 9.65. The standard InChI is InChI=1S/C18H27ClN2O3/c1-11(2)15(20)16(23)21-9-14(22)18(24,17(3,4)10-21)12-5-7-13(19)8-6-12/h5-8,11,14-15,22,24H,9-10,20H2,1-4H3/t14-,15?,18-/m0/s1. The first-order valence-corrected chi connectivity index (χ1v) is 8.59. The van der Waals surface area contributed by atoms with E-state index in [1.807, 2.05) is 27.7 Å². The van der Waals surface area contributed by atoms with Gasteiger partial charge in [-0.15, -0.1) is 0 Å². The van der Waals surface area contributed by atoms with Crippen LogP contribution in [0.2, 0.25) is 5.02 Å². The van der Waals surface area contributed by atoms with Crippen LogP contribution in [0.25, 0.3) is 0 Å². The molecule has 1 aromatic rings. The number of benzene rings is 1. The SMILES string of the molecule is CC(C)C(N)C(=O)N1C[C@H](O)[C@@](O)(c2ccc(Cl)cc2)C(C)(C)C1. The van der Waals surface area contributed by atoms with Gasteiger partial charge in [0, 0.05) is 23.5 Å². The number of amides is 1. The fraction of sp³-hybridized carbons (Fsp3) is 0.611. The highest BCUT2D eigenvalue weighted by Gasteiger charge is 2.55. The Kier molecular flexibility index (Phi) is 5.31. The molecule has 2 rings (SSSR count). The molecule has 1 heterocycles. The maximum atomic E-state index is 12.6. The van der Waals surface area contributed by atoms with Crippen molar-refractivity contribution in [2.45, 2.75) is 45.4 Å². The molecule has 1 aromatic carbocycles. The van der Waals surface area contributed by atoms with E-state index in [-0.39, 0.29) is 18.4 Å². The highest BCUT2D eigenvalue weighted by molar-refractivity contribution is 6.30. The van der Waals surface area contributed by atoms with Crippen molar-refractivity contribution in [3.05, 3.63) is 34.9 Å². The number of carbonyl (C=O) groups is 1. The van der Waals surface area contributed by atoms with Crippen molar-refractivity contribution in [3.8, 4) is 0 Å². The van der Waals surface area contributed by atoms with Gasteiger partial charge in [0.15, 0.2) is 0 Å². The molecule has 0 aliphatic carbocycles. The van der Waals surface area contributed by atoms with Gasteiger partial charge in [-0.2, -0.15) is 0 Å². The fourth-order valence-corrected chi connectivity index (χ4v) is 3.53. The summed E-state index contributed by atoms with van der Waals surface area (Å²) in [6, 6.07) is 6.18. The smallest absolute Gasteiger partial charge is 0.239 e. The van der Waals surface area contributed by atoms with Crippen molar-refractivity contribution in [2.24, 2.45) is 17.1 Å². The largest absolute Gasteiger partial charge is 0.388 e. The van der Waals surface area contributed by atoms with Crippen LogP contribution in [0.15, 0.2) is 24.3 Å². The van der Waals surface area contributed by atoms with Crippen LogP contribution in [0.5, 0.6) is 0 Å². The molecule has 4 N–H and O–H groups in total. The van der Waals surface area contributed by atoms with E-state index in [0.29, 0.717) is 17.1 Å². The summed E-state index contributed by atoms with van der Waals surface area (Å²) in [5.41, 5.74) is 4.32. The average molecular weight is 355 g/mol. The monoisotopic (exact) mass is 354 g/mol. The molecule has 24 heavy (non-hydrogen) atoms. The number of β-amino-alcohol motifs (C(OH)–C–C–N with tert-alkyl or cyclic N) is 1. The Bertz CT molecular complexity index is 603. The topological polar surface area (TPSA) is 86.8 Å². The van der Waals surface area contributed by atoms with Gasteiger partial charge in [0.2, 0.25) is 5.91 Å². The maximum Gasteiger partial charge on any atom is 0.239 e. The summed E-state index contributed by atoms with van der Waals surface area (Å²) in [6.45, 7) is 7.80. The highest BCUT2D eigenvalue weighted by atomic mass is 35.5. The quantitative estimate of drug-likeness (QED) is 0.771. The molecule has 0 bridgehead atoms. The van der Waals surface area contributed by atoms with Gasteiger partial charge in [0.1, 0.15) is 11.7 Å². The molecule has 1 amide bonds. The van der Waals surface area contributed by atoms with Crippen molar-refractivity contribution >= 4 is 17.5 Å². The number of rotatable bonds is 3. The average Bonchev–Trinajstić information content (AvgIpc) is 2.51. The molecule has 1 aliphatic rings. The Morgan fingerprint density at radius 1 is 1.33 bits per heavy atom. The van der Waals surface area contributed by atoms with E-state index >= 15 is 0 Å². The van der Waals surface area contributed by atoms with Gasteiger partial charge in [0.05, 0.1) is 6.04 Å². The van der Waals surface area contributed by atoms with Crippen LogP contribution in [0.1, 0.15) is 33.3 Å². The Morgan fingerprint density at radius 2 is 1.88 bits per heavy atom. The number of hydrogen-bond donors (Lipinski definition) is 3. The molecule has 1 aliphatic heterocycles. The van der Waals surface area contributed by atoms with E-state index in [2.05, 4.69) is 0 Å². The number of nitrogens with two attached hydrogens (primary N) is 1. The first-order valence-electron chi connectivity index (χ1n) is 8.21. The van der Waals surface area contributed by atoms with Crippen molar-refractivity contribution in [1.29, 1.82) is 0 Å². The minimum atomic E-state index is -1.48. The molecule has 6 heteroatoms. The van der Waals surface area contributed by atoms with Gasteiger partial charge >= 0.3 is 0 Å². The van der Waals surface area contributed by atoms with Crippen molar-refractivity contribution in [2.75, 3.05) is 13.1 Å². The normalized spacial score (nSPS) is 28.0. The maximum absolute atomic E-state index is 12.6. The number of hydrogen-bond acceptors (Lipinski definition) is 4. The van der Waals surface area contributed by atoms with E-state index in [9.17, 15) is 15.0 Å². The van der Waals surface area contributed by atoms with E-state index in [1.54, 1.807) is 29.2 Å². The van der Waals surface area contributed by atoms with E-state index in [0.717, 1.165) is 0 Å². The molecule has 0 spiro atoms. The van der Waals surface area contributed by atoms with Crippen molar-refractivity contribution < 1.29 is 15.0 Å². The van der Waals surface area contributed by atoms with Crippen molar-refractivity contribution in [1.82, 2.24) is 4.90 Å². The molecule has 0 aromatic heterocycles. The van der Waals surface area contributed by atoms with Crippen LogP contribution < -0.4 is 5.73 Å². The third-order valence-corrected chi connectivity index (χ3v) is 5.34. The van der Waals surface area contributed by atoms with Gasteiger partial charge in [0.25, 0.3) is 0 Å². The summed E-state index contributed by atoms with van der Waals surface area (Å²) in [6.07, 6.45) is -1.12. The zero-order chi connectivity index (χ0) is 18.3. The Hall–Kier alpha value is -1.14. The molecular weight excluding hydrogens is 328 g/mol. The van der Waals surface area contributed by atoms with Gasteiger partial charge in [-0.25, -0.2) is 0 Å². The number of carbonyl (C=O) groups excluding carboxylic acids is 1. The molecular formula is C18H27ClN2O3. The number of aliphatic hydroxyl groups is 2. The molecule has 1 saturated heterocycles. The predicted molar refractivity (Wildman–Crippen MR) is 94.5 cm³/mol. The first-order chi connectivity index (χ1) is 11.0. The lowest BCUT2D eigenvalue weighted by molar-refractivity contribution is -0.200. The Morgan fingerprint density at radius 3 is 2.33 bits per heavy atom. The van der Waals surface area contributed by atoms with Crippen LogP contribution >= 0.6 is 11.6 Å². The number of aliphatic hydroxyl groups excluding tert-OH is 1. The third kappa shape index (κ3) is 3.18. The highest BCUT2D eigenvalue weighted by Crippen LogP contribution is 2.46. The zero-order valence-corrected chi connectivity index (χ0v) is 15.4. The first kappa shape index (κ1) is 19.2. The molecule has 1 unspecified atom stereocenters. The number of piperidine rings is 1. The summed E-state index contributed by atoms with van der Waals surface area (Å²) in [4.78, 5) is 14.1. The van der Waals surface area contributed by atoms with E-state index < -0.39 is 23.2 Å². The lowest BCUT2D eigenvalue weighted by Crippen LogP contribution is -2.66. The summed E-state index contributed by atoms with van der Waals surface area (Å²) in [5.74, 6) is -0.190. The number of halogens is 1. The zero-order valence-electron chi connectivity index (χ0n) is 14.7. The van der Waals surface area contributed by atoms with Crippen molar-refractivity contribution in [3.63, 3.8) is 0 Å². The number of likely N-dealkylation sites (tertiary alicyclic amines) is 1. The van der Waals surface area contributed by atoms with Crippen LogP contribution in [0, 0.1) is 11.3 Å². The third-order valence-electron chi connectivity index (χ3n) is 5.09. The number of nitrogens with zero attached hydrogens (tertiary/aromatic N) is 1. The molecule has 3 atom stereocenters. The molecule has 5 nitrogen and oxygen atoms in total. The second-order valence-electron chi connectivity index (χ2n) is 7.66. The molecule has 0 radical (unpaired) electrons. The van der Waals surface area contributed by atoms with E-state index in [1.165, 1.54) is 0 Å². The summed E-state index contributed by atoms with van der Waals surface area (Å²) in [7, 11) is 0. The van der Waals surface area contributed by atoms with Crippen LogP contribution in [0.4, 0.5) is 0 Å². The summed E-state index contributed by atoms with van der Waals surface area (Å²) >= 11 is 5.92. The Balaban J connectivity index is 2.33. The van der Waals surface area contributed by atoms with Crippen LogP contribution in [-0.4, -0.2) is 46.3 Å². The minimum Gasteiger partial charge on any atom is -0.388 e. The lowest BCUT2D eigenvalue weighted by Gasteiger charge is -2.53. The summed E-state index contributed by atoms with van der Waals surface area (Å²) in [5, 5.41) is 22.6. The van der Waals surface area contributed by atoms with Crippen LogP contribution in [-0.2, 0) is 10.4 Å². The van der Waals surface area contributed by atoms with Gasteiger partial charge in [-0.05, 0) is 23.6 Å². The molecule has 1 fully saturated rings. The Labute approximate surface area is 148 Å². The minimum absolute atomic E-state index is 0.00910. The second-order valence-corrected chi connectivity index (χ2v) is 8.10. The van der Waals surface area contributed by atoms with Crippen LogP contribution in [0.3, 0.4) is 0 Å². The van der Waals surface area contributed by atoms with Gasteiger partial charge in [-0.1, -0.05) is 51.4 Å². The van der Waals surface area contributed by atoms with Gasteiger partial charge in [-0.3, -0.25) is 4.79 Å². The van der Waals surface area contributed by atoms with Gasteiger partial charge < -0.3 is 20.8 Å². The molecule has 134 valence electrons. The fourth-order valence-electron chi connectivity index (χ4n) is 3.41. The second kappa shape index (κ2) is 6.64. The molecule has 0 saturated carbocycles. The summed E-state index contributed by atoms with van der Waals surface area (Å²) < 4.78 is 0. The predicted octanol–water partition coefficient (Wildman–Crippen LogP) is 1.74.